The Morgan fingerprint density at radius 1 is 1.53 bits per heavy atom. The van der Waals surface area contributed by atoms with Gasteiger partial charge in [0.1, 0.15) is 0 Å². The third kappa shape index (κ3) is 4.91. The Bertz CT molecular complexity index is 314. The second kappa shape index (κ2) is 7.38. The number of nitrogens with zero attached hydrogens (tertiary/aromatic N) is 2. The van der Waals surface area contributed by atoms with Gasteiger partial charge < -0.3 is 5.32 Å². The second-order valence-electron chi connectivity index (χ2n) is 3.38. The first-order chi connectivity index (χ1) is 7.36. The van der Waals surface area contributed by atoms with Crippen molar-refractivity contribution in [1.82, 2.24) is 10.3 Å². The molecule has 1 N–H and O–H groups in total. The molecular weight excluding hydrogens is 206 g/mol. The third-order valence-electron chi connectivity index (χ3n) is 2.10. The lowest BCUT2D eigenvalue weighted by molar-refractivity contribution is 0.622. The monoisotopic (exact) mass is 223 g/mol. The molecule has 82 valence electrons. The molecule has 0 bridgehead atoms. The SMILES string of the molecule is CCc1nc(CNCCCCC#N)cs1. The smallest absolute Gasteiger partial charge is 0.0926 e. The summed E-state index contributed by atoms with van der Waals surface area (Å²) >= 11 is 1.73. The zero-order valence-electron chi connectivity index (χ0n) is 9.12. The zero-order valence-corrected chi connectivity index (χ0v) is 9.94. The van der Waals surface area contributed by atoms with Gasteiger partial charge in [-0.25, -0.2) is 4.98 Å². The van der Waals surface area contributed by atoms with Crippen molar-refractivity contribution in [2.24, 2.45) is 0 Å². The van der Waals surface area contributed by atoms with E-state index >= 15 is 0 Å². The molecular formula is C11H17N3S. The molecule has 0 aliphatic heterocycles. The largest absolute Gasteiger partial charge is 0.311 e. The summed E-state index contributed by atoms with van der Waals surface area (Å²) in [6, 6.07) is 2.15. The summed E-state index contributed by atoms with van der Waals surface area (Å²) in [6.45, 7) is 3.95. The fourth-order valence-corrected chi connectivity index (χ4v) is 2.01. The minimum Gasteiger partial charge on any atom is -0.311 e. The summed E-state index contributed by atoms with van der Waals surface area (Å²) < 4.78 is 0. The van der Waals surface area contributed by atoms with E-state index in [1.807, 2.05) is 0 Å². The van der Waals surface area contributed by atoms with Gasteiger partial charge in [0.25, 0.3) is 0 Å². The maximum absolute atomic E-state index is 8.35. The fourth-order valence-electron chi connectivity index (χ4n) is 1.26. The Labute approximate surface area is 95.2 Å². The Hall–Kier alpha value is -0.920. The first kappa shape index (κ1) is 12.2. The average Bonchev–Trinajstić information content (AvgIpc) is 2.71. The zero-order chi connectivity index (χ0) is 10.9. The first-order valence-corrected chi connectivity index (χ1v) is 6.25. The molecule has 1 rings (SSSR count). The van der Waals surface area contributed by atoms with Crippen LogP contribution in [0.4, 0.5) is 0 Å². The van der Waals surface area contributed by atoms with Crippen molar-refractivity contribution < 1.29 is 0 Å². The number of nitrogens with one attached hydrogen (secondary N) is 1. The van der Waals surface area contributed by atoms with Crippen LogP contribution in [-0.2, 0) is 13.0 Å². The maximum Gasteiger partial charge on any atom is 0.0926 e. The average molecular weight is 223 g/mol. The Kier molecular flexibility index (Phi) is 5.98. The van der Waals surface area contributed by atoms with Crippen molar-refractivity contribution in [1.29, 1.82) is 5.26 Å². The minimum atomic E-state index is 0.665. The highest BCUT2D eigenvalue weighted by molar-refractivity contribution is 7.09. The van der Waals surface area contributed by atoms with E-state index in [0.29, 0.717) is 6.42 Å². The van der Waals surface area contributed by atoms with Crippen LogP contribution in [0.2, 0.25) is 0 Å². The molecule has 0 amide bonds. The third-order valence-corrected chi connectivity index (χ3v) is 3.14. The molecule has 4 heteroatoms. The molecule has 3 nitrogen and oxygen atoms in total. The predicted molar refractivity (Wildman–Crippen MR) is 62.7 cm³/mol. The quantitative estimate of drug-likeness (QED) is 0.722. The highest BCUT2D eigenvalue weighted by Gasteiger charge is 1.98. The second-order valence-corrected chi connectivity index (χ2v) is 4.32. The van der Waals surface area contributed by atoms with E-state index in [2.05, 4.69) is 28.7 Å². The molecule has 0 unspecified atom stereocenters. The summed E-state index contributed by atoms with van der Waals surface area (Å²) in [4.78, 5) is 4.47. The Morgan fingerprint density at radius 2 is 2.40 bits per heavy atom. The van der Waals surface area contributed by atoms with Crippen LogP contribution in [0.15, 0.2) is 5.38 Å². The number of nitriles is 1. The minimum absolute atomic E-state index is 0.665. The van der Waals surface area contributed by atoms with E-state index in [-0.39, 0.29) is 0 Å². The highest BCUT2D eigenvalue weighted by Crippen LogP contribution is 2.09. The molecule has 0 spiro atoms. The number of hydrogen-bond donors (Lipinski definition) is 1. The summed E-state index contributed by atoms with van der Waals surface area (Å²) in [6.07, 6.45) is 3.74. The summed E-state index contributed by atoms with van der Waals surface area (Å²) in [5.74, 6) is 0. The van der Waals surface area contributed by atoms with Crippen molar-refractivity contribution in [3.63, 3.8) is 0 Å². The van der Waals surface area contributed by atoms with Crippen LogP contribution in [0.25, 0.3) is 0 Å². The molecule has 0 aliphatic carbocycles. The lowest BCUT2D eigenvalue weighted by Crippen LogP contribution is -2.14. The van der Waals surface area contributed by atoms with Crippen molar-refractivity contribution in [2.45, 2.75) is 39.2 Å². The molecule has 0 saturated heterocycles. The number of hydrogen-bond acceptors (Lipinski definition) is 4. The number of thiazole rings is 1. The molecule has 1 aromatic heterocycles. The van der Waals surface area contributed by atoms with Crippen LogP contribution in [0.3, 0.4) is 0 Å². The van der Waals surface area contributed by atoms with Crippen LogP contribution in [-0.4, -0.2) is 11.5 Å². The normalized spacial score (nSPS) is 10.1. The maximum atomic E-state index is 8.35. The number of rotatable bonds is 7. The molecule has 0 atom stereocenters. The van der Waals surface area contributed by atoms with Gasteiger partial charge in [0.2, 0.25) is 0 Å². The fraction of sp³-hybridized carbons (Fsp3) is 0.636. The molecule has 0 aliphatic rings. The van der Waals surface area contributed by atoms with Crippen molar-refractivity contribution >= 4 is 11.3 Å². The van der Waals surface area contributed by atoms with Gasteiger partial charge in [-0.1, -0.05) is 6.92 Å². The summed E-state index contributed by atoms with van der Waals surface area (Å²) in [5, 5.41) is 15.0. The molecule has 15 heavy (non-hydrogen) atoms. The highest BCUT2D eigenvalue weighted by atomic mass is 32.1. The molecule has 1 aromatic rings. The number of aromatic nitrogens is 1. The van der Waals surface area contributed by atoms with E-state index < -0.39 is 0 Å². The van der Waals surface area contributed by atoms with Gasteiger partial charge in [-0.3, -0.25) is 0 Å². The van der Waals surface area contributed by atoms with Crippen molar-refractivity contribution in [3.05, 3.63) is 16.1 Å². The standard InChI is InChI=1S/C11H17N3S/c1-2-11-14-10(9-15-11)8-13-7-5-3-4-6-12/h9,13H,2-5,7-8H2,1H3. The van der Waals surface area contributed by atoms with E-state index in [1.165, 1.54) is 5.01 Å². The number of aryl methyl sites for hydroxylation is 1. The molecule has 0 radical (unpaired) electrons. The Balaban J connectivity index is 2.07. The van der Waals surface area contributed by atoms with Crippen LogP contribution in [0, 0.1) is 11.3 Å². The first-order valence-electron chi connectivity index (χ1n) is 5.37. The topological polar surface area (TPSA) is 48.7 Å². The molecule has 1 heterocycles. The lowest BCUT2D eigenvalue weighted by Gasteiger charge is -2.00. The summed E-state index contributed by atoms with van der Waals surface area (Å²) in [5.41, 5.74) is 1.14. The van der Waals surface area contributed by atoms with Gasteiger partial charge in [-0.15, -0.1) is 11.3 Å². The number of unbranched alkanes of at least 4 members (excludes halogenated alkanes) is 2. The predicted octanol–water partition coefficient (Wildman–Crippen LogP) is 2.49. The van der Waals surface area contributed by atoms with Gasteiger partial charge in [0.15, 0.2) is 0 Å². The van der Waals surface area contributed by atoms with Gasteiger partial charge in [-0.05, 0) is 25.8 Å². The molecule has 0 aromatic carbocycles. The van der Waals surface area contributed by atoms with Crippen LogP contribution in [0.5, 0.6) is 0 Å². The van der Waals surface area contributed by atoms with Crippen molar-refractivity contribution in [2.75, 3.05) is 6.54 Å². The Morgan fingerprint density at radius 3 is 3.07 bits per heavy atom. The van der Waals surface area contributed by atoms with E-state index in [1.54, 1.807) is 11.3 Å². The van der Waals surface area contributed by atoms with Crippen LogP contribution >= 0.6 is 11.3 Å². The molecule has 0 fully saturated rings. The van der Waals surface area contributed by atoms with Gasteiger partial charge in [0, 0.05) is 18.3 Å². The van der Waals surface area contributed by atoms with E-state index in [9.17, 15) is 0 Å². The summed E-state index contributed by atoms with van der Waals surface area (Å²) in [7, 11) is 0. The van der Waals surface area contributed by atoms with Crippen LogP contribution < -0.4 is 5.32 Å². The lowest BCUT2D eigenvalue weighted by atomic mass is 10.2. The van der Waals surface area contributed by atoms with Gasteiger partial charge in [-0.2, -0.15) is 5.26 Å². The van der Waals surface area contributed by atoms with Gasteiger partial charge in [0.05, 0.1) is 16.8 Å². The van der Waals surface area contributed by atoms with E-state index in [4.69, 9.17) is 5.26 Å². The van der Waals surface area contributed by atoms with Crippen LogP contribution in [0.1, 0.15) is 36.9 Å². The van der Waals surface area contributed by atoms with Crippen molar-refractivity contribution in [3.8, 4) is 6.07 Å². The van der Waals surface area contributed by atoms with E-state index in [0.717, 1.165) is 38.0 Å². The van der Waals surface area contributed by atoms with Gasteiger partial charge >= 0.3 is 0 Å². The molecule has 0 saturated carbocycles.